The van der Waals surface area contributed by atoms with Crippen LogP contribution >= 0.6 is 11.3 Å². The molecule has 2 aromatic heterocycles. The Morgan fingerprint density at radius 3 is 2.51 bits per heavy atom. The molecule has 0 saturated carbocycles. The number of benzene rings is 2. The number of hydrogen-bond acceptors (Lipinski definition) is 6. The van der Waals surface area contributed by atoms with Gasteiger partial charge in [-0.25, -0.2) is 4.79 Å². The fraction of sp³-hybridized carbons (Fsp3) is 0.200. The number of ether oxygens (including phenoxy) is 1. The highest BCUT2D eigenvalue weighted by Gasteiger charge is 2.47. The number of carbonyl (C=O) groups is 3. The Labute approximate surface area is 230 Å². The van der Waals surface area contributed by atoms with Gasteiger partial charge in [0.15, 0.2) is 12.1 Å². The summed E-state index contributed by atoms with van der Waals surface area (Å²) >= 11 is 1.36. The van der Waals surface area contributed by atoms with Crippen LogP contribution in [0.2, 0.25) is 0 Å². The summed E-state index contributed by atoms with van der Waals surface area (Å²) in [6, 6.07) is 23.1. The average molecular weight is 541 g/mol. The summed E-state index contributed by atoms with van der Waals surface area (Å²) < 4.78 is 5.78. The molecule has 0 radical (unpaired) electrons. The van der Waals surface area contributed by atoms with Crippen LogP contribution in [-0.4, -0.2) is 40.4 Å². The van der Waals surface area contributed by atoms with Crippen molar-refractivity contribution in [3.05, 3.63) is 118 Å². The summed E-state index contributed by atoms with van der Waals surface area (Å²) in [4.78, 5) is 45.4. The van der Waals surface area contributed by atoms with Gasteiger partial charge in [-0.2, -0.15) is 0 Å². The van der Waals surface area contributed by atoms with E-state index in [4.69, 9.17) is 4.74 Å². The van der Waals surface area contributed by atoms with Gasteiger partial charge in [0.2, 0.25) is 5.91 Å². The summed E-state index contributed by atoms with van der Waals surface area (Å²) in [5, 5.41) is 7.68. The van der Waals surface area contributed by atoms with E-state index in [0.717, 1.165) is 16.8 Å². The lowest BCUT2D eigenvalue weighted by molar-refractivity contribution is -0.126. The zero-order chi connectivity index (χ0) is 27.2. The first-order chi connectivity index (χ1) is 19.0. The van der Waals surface area contributed by atoms with Gasteiger partial charge in [-0.1, -0.05) is 48.5 Å². The zero-order valence-corrected chi connectivity index (χ0v) is 22.2. The SMILES string of the molecule is Cc1ccccc1CN1C(=O)O[C@@H](c2ccc(NC(=O)c3cccs3)cc2)[C@H]1C(=O)NCCc1ccccn1. The topological polar surface area (TPSA) is 101 Å². The highest BCUT2D eigenvalue weighted by atomic mass is 32.1. The molecular weight excluding hydrogens is 512 g/mol. The van der Waals surface area contributed by atoms with E-state index in [2.05, 4.69) is 15.6 Å². The van der Waals surface area contributed by atoms with Crippen molar-refractivity contribution in [1.82, 2.24) is 15.2 Å². The zero-order valence-electron chi connectivity index (χ0n) is 21.4. The second kappa shape index (κ2) is 11.9. The van der Waals surface area contributed by atoms with Gasteiger partial charge < -0.3 is 15.4 Å². The Morgan fingerprint density at radius 2 is 1.79 bits per heavy atom. The van der Waals surface area contributed by atoms with Crippen LogP contribution in [0.15, 0.2) is 90.4 Å². The third-order valence-electron chi connectivity index (χ3n) is 6.60. The molecule has 2 aromatic carbocycles. The Bertz CT molecular complexity index is 1440. The number of nitrogens with one attached hydrogen (secondary N) is 2. The highest BCUT2D eigenvalue weighted by Crippen LogP contribution is 2.35. The molecule has 2 atom stereocenters. The van der Waals surface area contributed by atoms with Gasteiger partial charge in [-0.15, -0.1) is 11.3 Å². The van der Waals surface area contributed by atoms with Crippen molar-refractivity contribution >= 4 is 34.9 Å². The quantitative estimate of drug-likeness (QED) is 0.307. The van der Waals surface area contributed by atoms with Crippen LogP contribution in [0.5, 0.6) is 0 Å². The minimum absolute atomic E-state index is 0.195. The van der Waals surface area contributed by atoms with E-state index in [0.29, 0.717) is 29.1 Å². The van der Waals surface area contributed by atoms with E-state index in [-0.39, 0.29) is 18.4 Å². The maximum absolute atomic E-state index is 13.5. The molecule has 3 heterocycles. The van der Waals surface area contributed by atoms with Crippen LogP contribution in [-0.2, 0) is 22.5 Å². The van der Waals surface area contributed by atoms with Crippen molar-refractivity contribution in [2.75, 3.05) is 11.9 Å². The predicted molar refractivity (Wildman–Crippen MR) is 149 cm³/mol. The first-order valence-electron chi connectivity index (χ1n) is 12.6. The van der Waals surface area contributed by atoms with Crippen LogP contribution in [0.1, 0.15) is 38.2 Å². The second-order valence-electron chi connectivity index (χ2n) is 9.22. The fourth-order valence-electron chi connectivity index (χ4n) is 4.50. The minimum atomic E-state index is -0.868. The summed E-state index contributed by atoms with van der Waals surface area (Å²) in [5.41, 5.74) is 4.09. The molecule has 0 unspecified atom stereocenters. The number of carbonyl (C=O) groups excluding carboxylic acids is 3. The number of rotatable bonds is 9. The van der Waals surface area contributed by atoms with E-state index >= 15 is 0 Å². The van der Waals surface area contributed by atoms with E-state index in [9.17, 15) is 14.4 Å². The van der Waals surface area contributed by atoms with Crippen molar-refractivity contribution in [2.24, 2.45) is 0 Å². The largest absolute Gasteiger partial charge is 0.438 e. The van der Waals surface area contributed by atoms with Gasteiger partial charge in [0.1, 0.15) is 0 Å². The normalized spacial score (nSPS) is 16.5. The molecule has 5 rings (SSSR count). The lowest BCUT2D eigenvalue weighted by atomic mass is 9.99. The number of thiophene rings is 1. The first-order valence-corrected chi connectivity index (χ1v) is 13.5. The number of nitrogens with zero attached hydrogens (tertiary/aromatic N) is 2. The lowest BCUT2D eigenvalue weighted by Gasteiger charge is -2.25. The monoisotopic (exact) mass is 540 g/mol. The first kappa shape index (κ1) is 26.1. The molecule has 1 aliphatic rings. The summed E-state index contributed by atoms with van der Waals surface area (Å²) in [7, 11) is 0. The molecular formula is C30H28N4O4S. The lowest BCUT2D eigenvalue weighted by Crippen LogP contribution is -2.46. The number of hydrogen-bond donors (Lipinski definition) is 2. The number of aryl methyl sites for hydroxylation is 1. The molecule has 9 heteroatoms. The van der Waals surface area contributed by atoms with Crippen molar-refractivity contribution < 1.29 is 19.1 Å². The van der Waals surface area contributed by atoms with Crippen molar-refractivity contribution in [3.8, 4) is 0 Å². The molecule has 4 aromatic rings. The molecule has 0 bridgehead atoms. The van der Waals surface area contributed by atoms with Crippen molar-refractivity contribution in [1.29, 1.82) is 0 Å². The summed E-state index contributed by atoms with van der Waals surface area (Å²) in [5.74, 6) is -0.495. The number of cyclic esters (lactones) is 1. The maximum Gasteiger partial charge on any atom is 0.411 e. The number of anilines is 1. The van der Waals surface area contributed by atoms with Crippen LogP contribution in [0, 0.1) is 6.92 Å². The molecule has 1 saturated heterocycles. The standard InChI is InChI=1S/C30H28N4O4S/c1-20-7-2-3-8-22(20)19-34-26(29(36)32-17-15-23-9-4-5-16-31-23)27(38-30(34)37)21-11-13-24(14-12-21)33-28(35)25-10-6-18-39-25/h2-14,16,18,26-27H,15,17,19H2,1H3,(H,32,36)(H,33,35)/t26-,27-/m0/s1. The van der Waals surface area contributed by atoms with E-state index in [1.54, 1.807) is 36.5 Å². The number of amides is 3. The molecule has 2 N–H and O–H groups in total. The molecule has 3 amide bonds. The molecule has 1 aliphatic heterocycles. The van der Waals surface area contributed by atoms with E-state index in [1.165, 1.54) is 16.2 Å². The second-order valence-corrected chi connectivity index (χ2v) is 10.2. The van der Waals surface area contributed by atoms with Crippen LogP contribution in [0.25, 0.3) is 0 Å². The highest BCUT2D eigenvalue weighted by molar-refractivity contribution is 7.12. The molecule has 1 fully saturated rings. The van der Waals surface area contributed by atoms with E-state index in [1.807, 2.05) is 60.8 Å². The minimum Gasteiger partial charge on any atom is -0.438 e. The Morgan fingerprint density at radius 1 is 1.00 bits per heavy atom. The molecule has 198 valence electrons. The third kappa shape index (κ3) is 6.15. The van der Waals surface area contributed by atoms with Crippen LogP contribution < -0.4 is 10.6 Å². The number of pyridine rings is 1. The Kier molecular flexibility index (Phi) is 7.98. The van der Waals surface area contributed by atoms with Crippen molar-refractivity contribution in [3.63, 3.8) is 0 Å². The van der Waals surface area contributed by atoms with Gasteiger partial charge in [0, 0.05) is 30.5 Å². The smallest absolute Gasteiger partial charge is 0.411 e. The molecule has 0 spiro atoms. The van der Waals surface area contributed by atoms with Gasteiger partial charge in [-0.3, -0.25) is 19.5 Å². The average Bonchev–Trinajstić information content (AvgIpc) is 3.60. The third-order valence-corrected chi connectivity index (χ3v) is 7.47. The Balaban J connectivity index is 1.35. The van der Waals surface area contributed by atoms with Gasteiger partial charge >= 0.3 is 6.09 Å². The van der Waals surface area contributed by atoms with Crippen LogP contribution in [0.3, 0.4) is 0 Å². The van der Waals surface area contributed by atoms with Crippen molar-refractivity contribution in [2.45, 2.75) is 32.0 Å². The summed E-state index contributed by atoms with van der Waals surface area (Å²) in [6.07, 6.45) is 0.920. The number of aromatic nitrogens is 1. The fourth-order valence-corrected chi connectivity index (χ4v) is 5.12. The van der Waals surface area contributed by atoms with Crippen LogP contribution in [0.4, 0.5) is 10.5 Å². The molecule has 0 aliphatic carbocycles. The Hall–Kier alpha value is -4.50. The van der Waals surface area contributed by atoms with Gasteiger partial charge in [-0.05, 0) is 59.3 Å². The van der Waals surface area contributed by atoms with E-state index < -0.39 is 18.2 Å². The van der Waals surface area contributed by atoms with Gasteiger partial charge in [0.05, 0.1) is 11.4 Å². The summed E-state index contributed by atoms with van der Waals surface area (Å²) in [6.45, 7) is 2.59. The maximum atomic E-state index is 13.5. The predicted octanol–water partition coefficient (Wildman–Crippen LogP) is 5.12. The van der Waals surface area contributed by atoms with Gasteiger partial charge in [0.25, 0.3) is 5.91 Å². The molecule has 39 heavy (non-hydrogen) atoms. The molecule has 8 nitrogen and oxygen atoms in total.